The van der Waals surface area contributed by atoms with Crippen LogP contribution < -0.4 is 15.4 Å². The maximum absolute atomic E-state index is 12.1. The topological polar surface area (TPSA) is 63.2 Å². The lowest BCUT2D eigenvalue weighted by Crippen LogP contribution is -2.16. The first-order valence-electron chi connectivity index (χ1n) is 8.20. The number of hydrogen-bond acceptors (Lipinski definition) is 4. The minimum Gasteiger partial charge on any atom is -0.494 e. The first-order chi connectivity index (χ1) is 12.2. The summed E-state index contributed by atoms with van der Waals surface area (Å²) in [5, 5.41) is 7.24. The molecule has 1 aromatic heterocycles. The molecule has 1 amide bonds. The zero-order valence-corrected chi connectivity index (χ0v) is 14.4. The molecule has 2 aromatic carbocycles. The summed E-state index contributed by atoms with van der Waals surface area (Å²) in [6.45, 7) is 2.54. The number of pyridine rings is 1. The summed E-state index contributed by atoms with van der Waals surface area (Å²) in [6.07, 6.45) is 2.19. The van der Waals surface area contributed by atoms with Crippen LogP contribution in [-0.2, 0) is 4.79 Å². The number of amides is 1. The van der Waals surface area contributed by atoms with E-state index in [9.17, 15) is 4.79 Å². The largest absolute Gasteiger partial charge is 0.494 e. The summed E-state index contributed by atoms with van der Waals surface area (Å²) in [6, 6.07) is 15.3. The van der Waals surface area contributed by atoms with Crippen LogP contribution in [0.15, 0.2) is 54.7 Å². The van der Waals surface area contributed by atoms with Gasteiger partial charge in [-0.15, -0.1) is 0 Å². The van der Waals surface area contributed by atoms with Crippen LogP contribution in [0.5, 0.6) is 5.75 Å². The molecule has 0 aliphatic heterocycles. The second-order valence-electron chi connectivity index (χ2n) is 5.76. The number of nitrogens with zero attached hydrogens (tertiary/aromatic N) is 1. The maximum Gasteiger partial charge on any atom is 0.226 e. The fourth-order valence-corrected chi connectivity index (χ4v) is 2.74. The minimum absolute atomic E-state index is 0.0210. The number of carbonyl (C=O) groups is 1. The third-order valence-electron chi connectivity index (χ3n) is 3.98. The van der Waals surface area contributed by atoms with Crippen molar-refractivity contribution in [2.45, 2.75) is 13.3 Å². The van der Waals surface area contributed by atoms with Crippen LogP contribution in [0, 0.1) is 6.92 Å². The van der Waals surface area contributed by atoms with Gasteiger partial charge in [0, 0.05) is 35.9 Å². The van der Waals surface area contributed by atoms with Crippen LogP contribution in [0.4, 0.5) is 11.4 Å². The SMILES string of the molecule is COc1cccc2c(NCCC(=O)Nc3ccccc3)c(C)cnc12. The van der Waals surface area contributed by atoms with Crippen molar-refractivity contribution in [1.82, 2.24) is 4.98 Å². The van der Waals surface area contributed by atoms with Crippen LogP contribution >= 0.6 is 0 Å². The van der Waals surface area contributed by atoms with Gasteiger partial charge in [0.2, 0.25) is 5.91 Å². The molecular weight excluding hydrogens is 314 g/mol. The monoisotopic (exact) mass is 335 g/mol. The molecule has 0 saturated carbocycles. The molecule has 0 fully saturated rings. The number of ether oxygens (including phenoxy) is 1. The molecule has 2 N–H and O–H groups in total. The number of aromatic nitrogens is 1. The molecule has 3 rings (SSSR count). The van der Waals surface area contributed by atoms with Crippen molar-refractivity contribution in [2.75, 3.05) is 24.3 Å². The number of fused-ring (bicyclic) bond motifs is 1. The average molecular weight is 335 g/mol. The highest BCUT2D eigenvalue weighted by Gasteiger charge is 2.10. The van der Waals surface area contributed by atoms with Gasteiger partial charge in [-0.3, -0.25) is 9.78 Å². The van der Waals surface area contributed by atoms with Crippen LogP contribution in [0.1, 0.15) is 12.0 Å². The van der Waals surface area contributed by atoms with Crippen molar-refractivity contribution in [3.8, 4) is 5.75 Å². The summed E-state index contributed by atoms with van der Waals surface area (Å²) in [4.78, 5) is 16.5. The molecule has 0 unspecified atom stereocenters. The standard InChI is InChI=1S/C20H21N3O2/c1-14-13-22-20-16(9-6-10-17(20)25-2)19(14)21-12-11-18(24)23-15-7-4-3-5-8-15/h3-10,13H,11-12H2,1-2H3,(H,21,22)(H,23,24). The van der Waals surface area contributed by atoms with Crippen LogP contribution in [0.3, 0.4) is 0 Å². The molecule has 25 heavy (non-hydrogen) atoms. The quantitative estimate of drug-likeness (QED) is 0.715. The molecule has 5 nitrogen and oxygen atoms in total. The molecule has 1 heterocycles. The van der Waals surface area contributed by atoms with Crippen molar-refractivity contribution < 1.29 is 9.53 Å². The van der Waals surface area contributed by atoms with Crippen molar-refractivity contribution >= 4 is 28.2 Å². The number of methoxy groups -OCH3 is 1. The predicted molar refractivity (Wildman–Crippen MR) is 101 cm³/mol. The molecule has 0 aliphatic rings. The van der Waals surface area contributed by atoms with E-state index in [1.165, 1.54) is 0 Å². The number of rotatable bonds is 6. The van der Waals surface area contributed by atoms with E-state index < -0.39 is 0 Å². The Hall–Kier alpha value is -3.08. The highest BCUT2D eigenvalue weighted by atomic mass is 16.5. The van der Waals surface area contributed by atoms with Crippen LogP contribution in [-0.4, -0.2) is 24.5 Å². The number of nitrogens with one attached hydrogen (secondary N) is 2. The van der Waals surface area contributed by atoms with Gasteiger partial charge in [0.15, 0.2) is 0 Å². The van der Waals surface area contributed by atoms with E-state index in [1.54, 1.807) is 7.11 Å². The Balaban J connectivity index is 1.69. The van der Waals surface area contributed by atoms with Crippen molar-refractivity contribution in [2.24, 2.45) is 0 Å². The molecule has 0 aliphatic carbocycles. The first-order valence-corrected chi connectivity index (χ1v) is 8.20. The Morgan fingerprint density at radius 1 is 1.12 bits per heavy atom. The summed E-state index contributed by atoms with van der Waals surface area (Å²) in [5.74, 6) is 0.717. The Labute approximate surface area is 147 Å². The van der Waals surface area contributed by atoms with Crippen molar-refractivity contribution in [3.63, 3.8) is 0 Å². The zero-order valence-electron chi connectivity index (χ0n) is 14.4. The molecular formula is C20H21N3O2. The van der Waals surface area contributed by atoms with E-state index in [2.05, 4.69) is 15.6 Å². The zero-order chi connectivity index (χ0) is 17.6. The van der Waals surface area contributed by atoms with Gasteiger partial charge in [0.25, 0.3) is 0 Å². The third kappa shape index (κ3) is 3.88. The third-order valence-corrected chi connectivity index (χ3v) is 3.98. The Morgan fingerprint density at radius 2 is 1.92 bits per heavy atom. The summed E-state index contributed by atoms with van der Waals surface area (Å²) in [7, 11) is 1.64. The molecule has 0 bridgehead atoms. The summed E-state index contributed by atoms with van der Waals surface area (Å²) in [5.41, 5.74) is 3.63. The van der Waals surface area contributed by atoms with Gasteiger partial charge in [-0.25, -0.2) is 0 Å². The lowest BCUT2D eigenvalue weighted by molar-refractivity contribution is -0.115. The summed E-state index contributed by atoms with van der Waals surface area (Å²) < 4.78 is 5.38. The van der Waals surface area contributed by atoms with Gasteiger partial charge < -0.3 is 15.4 Å². The molecule has 0 radical (unpaired) electrons. The smallest absolute Gasteiger partial charge is 0.226 e. The van der Waals surface area contributed by atoms with Gasteiger partial charge in [-0.2, -0.15) is 0 Å². The van der Waals surface area contributed by atoms with E-state index in [-0.39, 0.29) is 5.91 Å². The molecule has 0 spiro atoms. The Morgan fingerprint density at radius 3 is 2.68 bits per heavy atom. The van der Waals surface area contributed by atoms with E-state index in [0.717, 1.165) is 33.6 Å². The maximum atomic E-state index is 12.1. The summed E-state index contributed by atoms with van der Waals surface area (Å²) >= 11 is 0. The number of aryl methyl sites for hydroxylation is 1. The lowest BCUT2D eigenvalue weighted by Gasteiger charge is -2.14. The fourth-order valence-electron chi connectivity index (χ4n) is 2.74. The molecule has 3 aromatic rings. The Bertz CT molecular complexity index is 879. The molecule has 0 atom stereocenters. The number of carbonyl (C=O) groups excluding carboxylic acids is 1. The van der Waals surface area contributed by atoms with E-state index >= 15 is 0 Å². The predicted octanol–water partition coefficient (Wildman–Crippen LogP) is 3.99. The van der Waals surface area contributed by atoms with Gasteiger partial charge in [0.1, 0.15) is 11.3 Å². The second-order valence-corrected chi connectivity index (χ2v) is 5.76. The van der Waals surface area contributed by atoms with Gasteiger partial charge in [-0.1, -0.05) is 30.3 Å². The van der Waals surface area contributed by atoms with Crippen molar-refractivity contribution in [1.29, 1.82) is 0 Å². The highest BCUT2D eigenvalue weighted by molar-refractivity contribution is 5.96. The second kappa shape index (κ2) is 7.66. The molecule has 5 heteroatoms. The minimum atomic E-state index is -0.0210. The number of para-hydroxylation sites is 2. The van der Waals surface area contributed by atoms with Crippen LogP contribution in [0.2, 0.25) is 0 Å². The van der Waals surface area contributed by atoms with Crippen molar-refractivity contribution in [3.05, 3.63) is 60.3 Å². The number of anilines is 2. The van der Waals surface area contributed by atoms with E-state index in [4.69, 9.17) is 4.74 Å². The van der Waals surface area contributed by atoms with Crippen LogP contribution in [0.25, 0.3) is 10.9 Å². The van der Waals surface area contributed by atoms with Gasteiger partial charge in [0.05, 0.1) is 7.11 Å². The molecule has 128 valence electrons. The van der Waals surface area contributed by atoms with E-state index in [0.29, 0.717) is 13.0 Å². The van der Waals surface area contributed by atoms with Gasteiger partial charge in [-0.05, 0) is 30.7 Å². The fraction of sp³-hybridized carbons (Fsp3) is 0.200. The average Bonchev–Trinajstić information content (AvgIpc) is 2.63. The van der Waals surface area contributed by atoms with Gasteiger partial charge >= 0.3 is 0 Å². The molecule has 0 saturated heterocycles. The Kier molecular flexibility index (Phi) is 5.14. The number of hydrogen-bond donors (Lipinski definition) is 2. The first kappa shape index (κ1) is 16.8. The highest BCUT2D eigenvalue weighted by Crippen LogP contribution is 2.31. The number of benzene rings is 2. The lowest BCUT2D eigenvalue weighted by atomic mass is 10.1. The van der Waals surface area contributed by atoms with E-state index in [1.807, 2.05) is 61.7 Å². The normalized spacial score (nSPS) is 10.5.